The lowest BCUT2D eigenvalue weighted by Crippen LogP contribution is -2.36. The summed E-state index contributed by atoms with van der Waals surface area (Å²) < 4.78 is 12.0. The van der Waals surface area contributed by atoms with Crippen LogP contribution in [-0.2, 0) is 11.3 Å². The largest absolute Gasteiger partial charge is 0.494 e. The van der Waals surface area contributed by atoms with Gasteiger partial charge in [0.1, 0.15) is 11.3 Å². The van der Waals surface area contributed by atoms with E-state index in [2.05, 4.69) is 45.1 Å². The van der Waals surface area contributed by atoms with Gasteiger partial charge < -0.3 is 19.3 Å². The smallest absolute Gasteiger partial charge is 0.257 e. The summed E-state index contributed by atoms with van der Waals surface area (Å²) >= 11 is 1.46. The number of ether oxygens (including phenoxy) is 2. The first-order valence-corrected chi connectivity index (χ1v) is 12.2. The Kier molecular flexibility index (Phi) is 7.74. The van der Waals surface area contributed by atoms with Gasteiger partial charge in [-0.1, -0.05) is 24.7 Å². The molecule has 1 fully saturated rings. The Morgan fingerprint density at radius 2 is 2.12 bits per heavy atom. The van der Waals surface area contributed by atoms with Gasteiger partial charge >= 0.3 is 0 Å². The number of rotatable bonds is 9. The molecule has 0 radical (unpaired) electrons. The Morgan fingerprint density at radius 3 is 2.88 bits per heavy atom. The summed E-state index contributed by atoms with van der Waals surface area (Å²) in [6, 6.07) is 7.58. The fourth-order valence-corrected chi connectivity index (χ4v) is 4.92. The lowest BCUT2D eigenvalue weighted by Gasteiger charge is -2.29. The van der Waals surface area contributed by atoms with Gasteiger partial charge in [-0.3, -0.25) is 15.1 Å². The van der Waals surface area contributed by atoms with Gasteiger partial charge in [0, 0.05) is 31.4 Å². The van der Waals surface area contributed by atoms with Gasteiger partial charge in [0.2, 0.25) is 0 Å². The normalized spacial score (nSPS) is 14.1. The number of anilines is 2. The van der Waals surface area contributed by atoms with E-state index in [0.717, 1.165) is 54.1 Å². The van der Waals surface area contributed by atoms with Crippen molar-refractivity contribution in [2.45, 2.75) is 26.3 Å². The summed E-state index contributed by atoms with van der Waals surface area (Å²) in [7, 11) is 3.71. The SMILES string of the molecule is CCCCN(C)Cc1cc(C(=O)Nc2nc3c(OC)ccc(N4CCOCC4)c3s2)ccn1. The molecule has 1 aliphatic heterocycles. The minimum atomic E-state index is -0.194. The van der Waals surface area contributed by atoms with Crippen molar-refractivity contribution in [3.8, 4) is 5.75 Å². The van der Waals surface area contributed by atoms with Crippen LogP contribution in [0.1, 0.15) is 35.8 Å². The first-order valence-electron chi connectivity index (χ1n) is 11.3. The number of hydrogen-bond acceptors (Lipinski definition) is 8. The number of pyridine rings is 1. The number of carbonyl (C=O) groups excluding carboxylic acids is 1. The summed E-state index contributed by atoms with van der Waals surface area (Å²) in [6.07, 6.45) is 3.99. The number of unbranched alkanes of at least 4 members (excludes halogenated alkanes) is 1. The number of benzene rings is 1. The molecule has 0 aliphatic carbocycles. The maximum Gasteiger partial charge on any atom is 0.257 e. The number of methoxy groups -OCH3 is 1. The molecule has 0 bridgehead atoms. The Labute approximate surface area is 198 Å². The molecule has 1 saturated heterocycles. The lowest BCUT2D eigenvalue weighted by molar-refractivity contribution is 0.102. The molecule has 3 aromatic rings. The first kappa shape index (κ1) is 23.4. The van der Waals surface area contributed by atoms with Crippen LogP contribution in [-0.4, -0.2) is 67.8 Å². The standard InChI is InChI=1S/C24H31N5O3S/c1-4-5-10-28(2)16-18-15-17(8-9-25-18)23(30)27-24-26-21-20(31-3)7-6-19(22(21)33-24)29-11-13-32-14-12-29/h6-9,15H,4-5,10-14,16H2,1-3H3,(H,26,27,30). The van der Waals surface area contributed by atoms with E-state index >= 15 is 0 Å². The van der Waals surface area contributed by atoms with Crippen LogP contribution in [0.25, 0.3) is 10.2 Å². The van der Waals surface area contributed by atoms with Gasteiger partial charge in [-0.05, 0) is 44.3 Å². The molecule has 0 saturated carbocycles. The monoisotopic (exact) mass is 469 g/mol. The van der Waals surface area contributed by atoms with Gasteiger partial charge in [0.15, 0.2) is 5.13 Å². The van der Waals surface area contributed by atoms with Crippen LogP contribution in [0.3, 0.4) is 0 Å². The molecule has 8 nitrogen and oxygen atoms in total. The van der Waals surface area contributed by atoms with Gasteiger partial charge in [-0.25, -0.2) is 4.98 Å². The van der Waals surface area contributed by atoms with Crippen molar-refractivity contribution in [2.75, 3.05) is 57.2 Å². The van der Waals surface area contributed by atoms with E-state index in [-0.39, 0.29) is 5.91 Å². The maximum absolute atomic E-state index is 13.0. The average Bonchev–Trinajstić information content (AvgIpc) is 3.26. The van der Waals surface area contributed by atoms with E-state index in [1.165, 1.54) is 11.3 Å². The van der Waals surface area contributed by atoms with Crippen LogP contribution >= 0.6 is 11.3 Å². The Hall–Kier alpha value is -2.75. The highest BCUT2D eigenvalue weighted by atomic mass is 32.1. The quantitative estimate of drug-likeness (QED) is 0.507. The molecule has 0 atom stereocenters. The third-order valence-electron chi connectivity index (χ3n) is 5.68. The second kappa shape index (κ2) is 10.9. The zero-order valence-corrected chi connectivity index (χ0v) is 20.3. The zero-order valence-electron chi connectivity index (χ0n) is 19.5. The highest BCUT2D eigenvalue weighted by molar-refractivity contribution is 7.23. The van der Waals surface area contributed by atoms with E-state index in [9.17, 15) is 4.79 Å². The van der Waals surface area contributed by atoms with Crippen molar-refractivity contribution in [1.82, 2.24) is 14.9 Å². The molecular formula is C24H31N5O3S. The summed E-state index contributed by atoms with van der Waals surface area (Å²) in [4.78, 5) is 26.6. The van der Waals surface area contributed by atoms with E-state index in [0.29, 0.717) is 36.2 Å². The molecule has 4 rings (SSSR count). The Morgan fingerprint density at radius 1 is 1.30 bits per heavy atom. The number of aromatic nitrogens is 2. The van der Waals surface area contributed by atoms with Crippen molar-refractivity contribution in [3.05, 3.63) is 41.7 Å². The maximum atomic E-state index is 13.0. The molecule has 1 aromatic carbocycles. The minimum Gasteiger partial charge on any atom is -0.494 e. The summed E-state index contributed by atoms with van der Waals surface area (Å²) in [6.45, 7) is 6.96. The molecule has 1 amide bonds. The predicted octanol–water partition coefficient (Wildman–Crippen LogP) is 4.02. The van der Waals surface area contributed by atoms with Crippen LogP contribution in [0, 0.1) is 0 Å². The third-order valence-corrected chi connectivity index (χ3v) is 6.68. The molecule has 0 unspecified atom stereocenters. The number of thiazole rings is 1. The topological polar surface area (TPSA) is 79.8 Å². The summed E-state index contributed by atoms with van der Waals surface area (Å²) in [5, 5.41) is 3.52. The number of morpholine rings is 1. The van der Waals surface area contributed by atoms with Crippen molar-refractivity contribution in [3.63, 3.8) is 0 Å². The van der Waals surface area contributed by atoms with Gasteiger partial charge in [0.25, 0.3) is 5.91 Å². The van der Waals surface area contributed by atoms with Gasteiger partial charge in [0.05, 0.1) is 36.4 Å². The molecule has 33 heavy (non-hydrogen) atoms. The molecule has 1 N–H and O–H groups in total. The van der Waals surface area contributed by atoms with Crippen molar-refractivity contribution >= 4 is 38.3 Å². The van der Waals surface area contributed by atoms with E-state index < -0.39 is 0 Å². The van der Waals surface area contributed by atoms with Crippen molar-refractivity contribution in [2.24, 2.45) is 0 Å². The van der Waals surface area contributed by atoms with Crippen LogP contribution in [0.5, 0.6) is 5.75 Å². The zero-order chi connectivity index (χ0) is 23.2. The first-order chi connectivity index (χ1) is 16.1. The van der Waals surface area contributed by atoms with Gasteiger partial charge in [-0.15, -0.1) is 0 Å². The van der Waals surface area contributed by atoms with Crippen LogP contribution in [0.15, 0.2) is 30.5 Å². The molecule has 1 aliphatic rings. The third kappa shape index (κ3) is 5.61. The van der Waals surface area contributed by atoms with E-state index in [4.69, 9.17) is 9.47 Å². The number of fused-ring (bicyclic) bond motifs is 1. The highest BCUT2D eigenvalue weighted by Crippen LogP contribution is 2.39. The second-order valence-corrected chi connectivity index (χ2v) is 9.16. The van der Waals surface area contributed by atoms with Crippen LogP contribution in [0.2, 0.25) is 0 Å². The summed E-state index contributed by atoms with van der Waals surface area (Å²) in [5.74, 6) is 0.501. The van der Waals surface area contributed by atoms with E-state index in [1.807, 2.05) is 12.1 Å². The Balaban J connectivity index is 1.54. The minimum absolute atomic E-state index is 0.194. The number of nitrogens with zero attached hydrogens (tertiary/aromatic N) is 4. The number of hydrogen-bond donors (Lipinski definition) is 1. The molecule has 2 aromatic heterocycles. The summed E-state index contributed by atoms with van der Waals surface area (Å²) in [5.41, 5.74) is 3.30. The molecule has 0 spiro atoms. The van der Waals surface area contributed by atoms with Gasteiger partial charge in [-0.2, -0.15) is 0 Å². The number of nitrogens with one attached hydrogen (secondary N) is 1. The lowest BCUT2D eigenvalue weighted by atomic mass is 10.2. The fraction of sp³-hybridized carbons (Fsp3) is 0.458. The molecule has 9 heteroatoms. The predicted molar refractivity (Wildman–Crippen MR) is 133 cm³/mol. The molecular weight excluding hydrogens is 438 g/mol. The molecule has 176 valence electrons. The average molecular weight is 470 g/mol. The second-order valence-electron chi connectivity index (χ2n) is 8.16. The number of carbonyl (C=O) groups is 1. The van der Waals surface area contributed by atoms with Crippen LogP contribution in [0.4, 0.5) is 10.8 Å². The van der Waals surface area contributed by atoms with Crippen molar-refractivity contribution < 1.29 is 14.3 Å². The highest BCUT2D eigenvalue weighted by Gasteiger charge is 2.20. The molecule has 3 heterocycles. The van der Waals surface area contributed by atoms with Crippen LogP contribution < -0.4 is 15.0 Å². The fourth-order valence-electron chi connectivity index (χ4n) is 3.90. The Bertz CT molecular complexity index is 1100. The van der Waals surface area contributed by atoms with Crippen molar-refractivity contribution in [1.29, 1.82) is 0 Å². The van der Waals surface area contributed by atoms with E-state index in [1.54, 1.807) is 19.4 Å². The number of amides is 1.